The lowest BCUT2D eigenvalue weighted by atomic mass is 9.92. The average molecular weight is 586 g/mol. The molecular formula is C32H36FN7O3. The van der Waals surface area contributed by atoms with Crippen molar-refractivity contribution < 1.29 is 14.0 Å². The average Bonchev–Trinajstić information content (AvgIpc) is 3.29. The van der Waals surface area contributed by atoms with Crippen molar-refractivity contribution in [3.05, 3.63) is 94.0 Å². The molecule has 2 aliphatic heterocycles. The van der Waals surface area contributed by atoms with E-state index in [1.165, 1.54) is 0 Å². The number of pyridine rings is 2. The van der Waals surface area contributed by atoms with Crippen molar-refractivity contribution in [1.82, 2.24) is 34.6 Å². The van der Waals surface area contributed by atoms with Crippen LogP contribution in [-0.4, -0.2) is 73.5 Å². The highest BCUT2D eigenvalue weighted by atomic mass is 19.1. The van der Waals surface area contributed by atoms with E-state index in [0.29, 0.717) is 75.1 Å². The molecule has 0 radical (unpaired) electrons. The second-order valence-corrected chi connectivity index (χ2v) is 11.5. The quantitative estimate of drug-likeness (QED) is 0.356. The minimum atomic E-state index is -0.714. The molecule has 2 aliphatic rings. The van der Waals surface area contributed by atoms with Crippen LogP contribution >= 0.6 is 0 Å². The molecule has 11 heteroatoms. The second-order valence-electron chi connectivity index (χ2n) is 11.5. The summed E-state index contributed by atoms with van der Waals surface area (Å²) in [5.74, 6) is -0.582. The molecule has 0 saturated carbocycles. The smallest absolute Gasteiger partial charge is 0.327 e. The van der Waals surface area contributed by atoms with Crippen molar-refractivity contribution in [3.8, 4) is 0 Å². The molecule has 0 unspecified atom stereocenters. The molecule has 5 heterocycles. The van der Waals surface area contributed by atoms with Crippen LogP contribution in [0.5, 0.6) is 0 Å². The summed E-state index contributed by atoms with van der Waals surface area (Å²) in [5, 5.41) is 3.00. The Bertz CT molecular complexity index is 1660. The molecule has 43 heavy (non-hydrogen) atoms. The van der Waals surface area contributed by atoms with E-state index in [-0.39, 0.29) is 35.4 Å². The Hall–Kier alpha value is -4.54. The number of carbonyl (C=O) groups excluding carboxylic acids is 2. The number of benzene rings is 1. The number of likely N-dealkylation sites (tertiary alicyclic amines) is 2. The normalized spacial score (nSPS) is 19.9. The van der Waals surface area contributed by atoms with Crippen LogP contribution in [0.2, 0.25) is 0 Å². The first-order valence-electron chi connectivity index (χ1n) is 14.9. The van der Waals surface area contributed by atoms with Gasteiger partial charge in [0.2, 0.25) is 5.91 Å². The van der Waals surface area contributed by atoms with Crippen LogP contribution in [0.25, 0.3) is 11.2 Å². The summed E-state index contributed by atoms with van der Waals surface area (Å²) < 4.78 is 16.9. The van der Waals surface area contributed by atoms with Gasteiger partial charge in [0, 0.05) is 62.6 Å². The maximum atomic E-state index is 15.2. The summed E-state index contributed by atoms with van der Waals surface area (Å²) in [6.07, 6.45) is 6.13. The number of nitrogens with one attached hydrogen (secondary N) is 2. The summed E-state index contributed by atoms with van der Waals surface area (Å²) in [6, 6.07) is 13.7. The first kappa shape index (κ1) is 28.6. The number of aromatic amines is 1. The molecule has 2 atom stereocenters. The number of nitrogens with zero attached hydrogens (tertiary/aromatic N) is 5. The lowest BCUT2D eigenvalue weighted by Gasteiger charge is -2.34. The number of hydrogen-bond donors (Lipinski definition) is 2. The molecule has 6 rings (SSSR count). The molecule has 10 nitrogen and oxygen atoms in total. The van der Waals surface area contributed by atoms with E-state index >= 15 is 4.39 Å². The number of hydrogen-bond acceptors (Lipinski definition) is 5. The van der Waals surface area contributed by atoms with Crippen LogP contribution in [0.3, 0.4) is 0 Å². The van der Waals surface area contributed by atoms with Crippen LogP contribution in [0, 0.1) is 12.7 Å². The number of amides is 3. The van der Waals surface area contributed by atoms with Crippen LogP contribution in [0.4, 0.5) is 9.18 Å². The monoisotopic (exact) mass is 585 g/mol. The molecule has 0 spiro atoms. The summed E-state index contributed by atoms with van der Waals surface area (Å²) in [5.41, 5.74) is 3.15. The highest BCUT2D eigenvalue weighted by Gasteiger charge is 2.35. The van der Waals surface area contributed by atoms with Gasteiger partial charge in [-0.05, 0) is 68.0 Å². The number of aromatic nitrogens is 4. The van der Waals surface area contributed by atoms with Crippen LogP contribution in [0.15, 0.2) is 65.7 Å². The van der Waals surface area contributed by atoms with E-state index in [0.717, 1.165) is 11.2 Å². The maximum Gasteiger partial charge on any atom is 0.327 e. The Kier molecular flexibility index (Phi) is 8.22. The standard InChI is InChI=1S/C32H36FN7O3/c1-21-6-4-8-25(28(21)33)22-10-11-26(30(41)39(20-22)17-12-23-7-2-3-15-34-23)36-31(42)38-18-13-24(14-19-38)40-27-9-5-16-35-29(27)37-32(40)43/h2-9,15-16,22,24,26H,10-14,17-20H2,1H3,(H,36,42)(H,35,37,43)/t22-,26-/m1/s1. The molecule has 224 valence electrons. The SMILES string of the molecule is Cc1cccc([C@@H]2CC[C@@H](NC(=O)N3CCC(n4c(=O)[nH]c5ncccc54)CC3)C(=O)N(CCc3ccccn3)C2)c1F. The Labute approximate surface area is 248 Å². The molecule has 3 amide bonds. The Morgan fingerprint density at radius 2 is 1.81 bits per heavy atom. The predicted octanol–water partition coefficient (Wildman–Crippen LogP) is 3.93. The van der Waals surface area contributed by atoms with E-state index in [4.69, 9.17) is 0 Å². The van der Waals surface area contributed by atoms with Gasteiger partial charge in [0.1, 0.15) is 11.9 Å². The zero-order chi connectivity index (χ0) is 29.9. The highest BCUT2D eigenvalue weighted by molar-refractivity contribution is 5.87. The molecule has 4 aromatic rings. The number of imidazole rings is 1. The van der Waals surface area contributed by atoms with Crippen LogP contribution in [0.1, 0.15) is 54.5 Å². The van der Waals surface area contributed by atoms with Crippen molar-refractivity contribution in [2.45, 2.75) is 57.0 Å². The van der Waals surface area contributed by atoms with Gasteiger partial charge >= 0.3 is 11.7 Å². The number of halogens is 1. The topological polar surface area (TPSA) is 116 Å². The van der Waals surface area contributed by atoms with Gasteiger partial charge < -0.3 is 15.1 Å². The van der Waals surface area contributed by atoms with Crippen molar-refractivity contribution in [2.75, 3.05) is 26.2 Å². The third-order valence-corrected chi connectivity index (χ3v) is 8.78. The first-order valence-corrected chi connectivity index (χ1v) is 14.9. The van der Waals surface area contributed by atoms with E-state index in [1.54, 1.807) is 51.9 Å². The lowest BCUT2D eigenvalue weighted by Crippen LogP contribution is -2.53. The van der Waals surface area contributed by atoms with Crippen LogP contribution < -0.4 is 11.0 Å². The van der Waals surface area contributed by atoms with Gasteiger partial charge in [0.25, 0.3) is 0 Å². The van der Waals surface area contributed by atoms with Gasteiger partial charge in [-0.15, -0.1) is 0 Å². The number of piperidine rings is 1. The van der Waals surface area contributed by atoms with Crippen molar-refractivity contribution in [2.24, 2.45) is 0 Å². The number of urea groups is 1. The summed E-state index contributed by atoms with van der Waals surface area (Å²) in [6.45, 7) is 3.45. The molecular weight excluding hydrogens is 549 g/mol. The molecule has 0 bridgehead atoms. The van der Waals surface area contributed by atoms with Gasteiger partial charge in [-0.1, -0.05) is 24.3 Å². The fourth-order valence-electron chi connectivity index (χ4n) is 6.42. The molecule has 0 aliphatic carbocycles. The summed E-state index contributed by atoms with van der Waals surface area (Å²) >= 11 is 0. The number of H-pyrrole nitrogens is 1. The summed E-state index contributed by atoms with van der Waals surface area (Å²) in [7, 11) is 0. The minimum Gasteiger partial charge on any atom is -0.340 e. The Morgan fingerprint density at radius 3 is 2.60 bits per heavy atom. The maximum absolute atomic E-state index is 15.2. The van der Waals surface area contributed by atoms with Gasteiger partial charge in [-0.2, -0.15) is 0 Å². The number of fused-ring (bicyclic) bond motifs is 1. The minimum absolute atomic E-state index is 0.0546. The Balaban J connectivity index is 1.14. The number of rotatable bonds is 6. The molecule has 1 aromatic carbocycles. The largest absolute Gasteiger partial charge is 0.340 e. The summed E-state index contributed by atoms with van der Waals surface area (Å²) in [4.78, 5) is 54.8. The van der Waals surface area contributed by atoms with E-state index in [9.17, 15) is 14.4 Å². The third kappa shape index (κ3) is 6.02. The third-order valence-electron chi connectivity index (χ3n) is 8.78. The van der Waals surface area contributed by atoms with Crippen molar-refractivity contribution >= 4 is 23.1 Å². The molecule has 2 N–H and O–H groups in total. The zero-order valence-electron chi connectivity index (χ0n) is 24.2. The lowest BCUT2D eigenvalue weighted by molar-refractivity contribution is -0.132. The van der Waals surface area contributed by atoms with E-state index in [2.05, 4.69) is 20.3 Å². The van der Waals surface area contributed by atoms with Gasteiger partial charge in [-0.25, -0.2) is 19.0 Å². The molecule has 2 saturated heterocycles. The van der Waals surface area contributed by atoms with Gasteiger partial charge in [-0.3, -0.25) is 19.3 Å². The van der Waals surface area contributed by atoms with Gasteiger partial charge in [0.05, 0.1) is 5.52 Å². The Morgan fingerprint density at radius 1 is 1.00 bits per heavy atom. The van der Waals surface area contributed by atoms with Crippen molar-refractivity contribution in [3.63, 3.8) is 0 Å². The van der Waals surface area contributed by atoms with Crippen LogP contribution in [-0.2, 0) is 11.2 Å². The second kappa shape index (κ2) is 12.4. The fraction of sp³-hybridized carbons (Fsp3) is 0.406. The molecule has 2 fully saturated rings. The van der Waals surface area contributed by atoms with E-state index in [1.807, 2.05) is 30.3 Å². The number of carbonyl (C=O) groups is 2. The van der Waals surface area contributed by atoms with E-state index < -0.39 is 6.04 Å². The number of aryl methyl sites for hydroxylation is 1. The predicted molar refractivity (Wildman–Crippen MR) is 160 cm³/mol. The highest BCUT2D eigenvalue weighted by Crippen LogP contribution is 2.31. The first-order chi connectivity index (χ1) is 20.9. The molecule has 3 aromatic heterocycles. The zero-order valence-corrected chi connectivity index (χ0v) is 24.2. The fourth-order valence-corrected chi connectivity index (χ4v) is 6.42. The van der Waals surface area contributed by atoms with Gasteiger partial charge in [0.15, 0.2) is 5.65 Å². The van der Waals surface area contributed by atoms with Crippen molar-refractivity contribution in [1.29, 1.82) is 0 Å².